The highest BCUT2D eigenvalue weighted by Gasteiger charge is 2.19. The molecule has 1 saturated heterocycles. The first kappa shape index (κ1) is 21.1. The number of benzene rings is 1. The lowest BCUT2D eigenvalue weighted by Gasteiger charge is -2.32. The van der Waals surface area contributed by atoms with E-state index in [0.29, 0.717) is 12.1 Å². The fraction of sp³-hybridized carbons (Fsp3) is 0.696. The molecule has 1 aliphatic heterocycles. The minimum absolute atomic E-state index is 0.423. The van der Waals surface area contributed by atoms with E-state index in [0.717, 1.165) is 58.0 Å². The van der Waals surface area contributed by atoms with Crippen molar-refractivity contribution in [1.82, 2.24) is 15.5 Å². The van der Waals surface area contributed by atoms with Crippen LogP contribution in [0.25, 0.3) is 0 Å². The number of hydrogen-bond acceptors (Lipinski definition) is 3. The second kappa shape index (κ2) is 12.1. The summed E-state index contributed by atoms with van der Waals surface area (Å²) < 4.78 is 6.12. The van der Waals surface area contributed by atoms with Gasteiger partial charge in [0.2, 0.25) is 0 Å². The molecule has 0 radical (unpaired) electrons. The number of nitrogens with zero attached hydrogens (tertiary/aromatic N) is 2. The van der Waals surface area contributed by atoms with Crippen molar-refractivity contribution in [3.8, 4) is 0 Å². The normalized spacial score (nSPS) is 20.2. The van der Waals surface area contributed by atoms with Crippen molar-refractivity contribution in [3.05, 3.63) is 35.9 Å². The Morgan fingerprint density at radius 2 is 1.82 bits per heavy atom. The van der Waals surface area contributed by atoms with E-state index in [1.807, 2.05) is 7.05 Å². The molecule has 1 saturated carbocycles. The summed E-state index contributed by atoms with van der Waals surface area (Å²) in [7, 11) is 1.86. The van der Waals surface area contributed by atoms with Gasteiger partial charge in [0.1, 0.15) is 0 Å². The van der Waals surface area contributed by atoms with Crippen LogP contribution >= 0.6 is 0 Å². The molecule has 0 bridgehead atoms. The van der Waals surface area contributed by atoms with Crippen LogP contribution in [0.2, 0.25) is 0 Å². The average Bonchev–Trinajstić information content (AvgIpc) is 2.75. The Morgan fingerprint density at radius 1 is 1.07 bits per heavy atom. The molecule has 1 heterocycles. The van der Waals surface area contributed by atoms with E-state index in [2.05, 4.69) is 50.9 Å². The van der Waals surface area contributed by atoms with Crippen molar-refractivity contribution < 1.29 is 4.74 Å². The number of ether oxygens (including phenoxy) is 1. The fourth-order valence-electron chi connectivity index (χ4n) is 4.24. The lowest BCUT2D eigenvalue weighted by molar-refractivity contribution is 0.00534. The summed E-state index contributed by atoms with van der Waals surface area (Å²) in [6, 6.07) is 11.4. The summed E-state index contributed by atoms with van der Waals surface area (Å²) in [5, 5.41) is 7.00. The van der Waals surface area contributed by atoms with Gasteiger partial charge in [0.25, 0.3) is 0 Å². The molecule has 2 aliphatic rings. The van der Waals surface area contributed by atoms with Crippen molar-refractivity contribution in [3.63, 3.8) is 0 Å². The van der Waals surface area contributed by atoms with Crippen LogP contribution in [0.15, 0.2) is 35.3 Å². The number of guanidine groups is 1. The van der Waals surface area contributed by atoms with Crippen molar-refractivity contribution >= 4 is 5.96 Å². The molecular weight excluding hydrogens is 348 g/mol. The predicted octanol–water partition coefficient (Wildman–Crippen LogP) is 3.56. The van der Waals surface area contributed by atoms with Crippen LogP contribution in [0.4, 0.5) is 0 Å². The predicted molar refractivity (Wildman–Crippen MR) is 117 cm³/mol. The number of aliphatic imine (C=N–C) groups is 1. The molecule has 0 spiro atoms. The molecule has 28 heavy (non-hydrogen) atoms. The Labute approximate surface area is 170 Å². The van der Waals surface area contributed by atoms with Crippen LogP contribution in [0.3, 0.4) is 0 Å². The summed E-state index contributed by atoms with van der Waals surface area (Å²) in [5.74, 6) is 0.945. The molecule has 0 atom stereocenters. The van der Waals surface area contributed by atoms with Crippen molar-refractivity contribution in [2.45, 2.75) is 70.1 Å². The first-order valence-electron chi connectivity index (χ1n) is 11.2. The monoisotopic (exact) mass is 386 g/mol. The van der Waals surface area contributed by atoms with E-state index in [-0.39, 0.29) is 0 Å². The summed E-state index contributed by atoms with van der Waals surface area (Å²) in [5.41, 5.74) is 1.41. The maximum absolute atomic E-state index is 6.12. The first-order valence-corrected chi connectivity index (χ1v) is 11.2. The third-order valence-electron chi connectivity index (χ3n) is 5.92. The molecule has 2 fully saturated rings. The number of hydrogen-bond donors (Lipinski definition) is 2. The van der Waals surface area contributed by atoms with E-state index in [1.54, 1.807) is 0 Å². The zero-order chi connectivity index (χ0) is 19.4. The zero-order valence-corrected chi connectivity index (χ0v) is 17.5. The van der Waals surface area contributed by atoms with Gasteiger partial charge in [0.05, 0.1) is 6.10 Å². The Kier molecular flexibility index (Phi) is 9.11. The zero-order valence-electron chi connectivity index (χ0n) is 17.5. The van der Waals surface area contributed by atoms with Gasteiger partial charge in [-0.15, -0.1) is 0 Å². The van der Waals surface area contributed by atoms with Crippen molar-refractivity contribution in [2.75, 3.05) is 33.3 Å². The molecular formula is C23H38N4O. The molecule has 0 unspecified atom stereocenters. The smallest absolute Gasteiger partial charge is 0.191 e. The maximum atomic E-state index is 6.12. The minimum Gasteiger partial charge on any atom is -0.378 e. The Morgan fingerprint density at radius 3 is 2.54 bits per heavy atom. The van der Waals surface area contributed by atoms with Gasteiger partial charge in [-0.3, -0.25) is 9.89 Å². The molecule has 5 heteroatoms. The van der Waals surface area contributed by atoms with Crippen LogP contribution in [0, 0.1) is 0 Å². The van der Waals surface area contributed by atoms with Gasteiger partial charge in [0.15, 0.2) is 5.96 Å². The van der Waals surface area contributed by atoms with Crippen molar-refractivity contribution in [1.29, 1.82) is 0 Å². The number of piperidine rings is 1. The average molecular weight is 387 g/mol. The minimum atomic E-state index is 0.423. The second-order valence-corrected chi connectivity index (χ2v) is 8.16. The largest absolute Gasteiger partial charge is 0.378 e. The van der Waals surface area contributed by atoms with Gasteiger partial charge in [0, 0.05) is 45.9 Å². The molecule has 3 rings (SSSR count). The van der Waals surface area contributed by atoms with Crippen LogP contribution in [0.5, 0.6) is 0 Å². The highest BCUT2D eigenvalue weighted by molar-refractivity contribution is 5.79. The Balaban J connectivity index is 1.23. The van der Waals surface area contributed by atoms with E-state index in [4.69, 9.17) is 4.74 Å². The topological polar surface area (TPSA) is 48.9 Å². The van der Waals surface area contributed by atoms with E-state index >= 15 is 0 Å². The van der Waals surface area contributed by atoms with Gasteiger partial charge in [-0.25, -0.2) is 0 Å². The molecule has 2 N–H and O–H groups in total. The highest BCUT2D eigenvalue weighted by atomic mass is 16.5. The number of rotatable bonds is 8. The van der Waals surface area contributed by atoms with Crippen LogP contribution in [0.1, 0.15) is 56.9 Å². The van der Waals surface area contributed by atoms with Gasteiger partial charge in [-0.2, -0.15) is 0 Å². The maximum Gasteiger partial charge on any atom is 0.191 e. The first-order chi connectivity index (χ1) is 13.8. The highest BCUT2D eigenvalue weighted by Crippen LogP contribution is 2.17. The van der Waals surface area contributed by atoms with Gasteiger partial charge in [-0.1, -0.05) is 49.6 Å². The molecule has 0 amide bonds. The quantitative estimate of drug-likeness (QED) is 0.407. The number of nitrogens with one attached hydrogen (secondary N) is 2. The lowest BCUT2D eigenvalue weighted by Crippen LogP contribution is -2.44. The fourth-order valence-corrected chi connectivity index (χ4v) is 4.24. The van der Waals surface area contributed by atoms with E-state index < -0.39 is 0 Å². The van der Waals surface area contributed by atoms with Gasteiger partial charge in [-0.05, 0) is 37.7 Å². The summed E-state index contributed by atoms with van der Waals surface area (Å²) in [6.07, 6.45) is 10.3. The van der Waals surface area contributed by atoms with Gasteiger partial charge < -0.3 is 15.4 Å². The second-order valence-electron chi connectivity index (χ2n) is 8.16. The van der Waals surface area contributed by atoms with E-state index in [9.17, 15) is 0 Å². The third-order valence-corrected chi connectivity index (χ3v) is 5.92. The molecule has 156 valence electrons. The third kappa shape index (κ3) is 7.44. The standard InChI is InChI=1S/C23H38N4O/c1-24-23(26-21-11-6-3-7-12-21)25-15-8-18-28-22-13-16-27(17-14-22)19-20-9-4-2-5-10-20/h2,4-5,9-10,21-22H,3,6-8,11-19H2,1H3,(H2,24,25,26). The summed E-state index contributed by atoms with van der Waals surface area (Å²) in [4.78, 5) is 6.90. The summed E-state index contributed by atoms with van der Waals surface area (Å²) >= 11 is 0. The van der Waals surface area contributed by atoms with E-state index in [1.165, 1.54) is 37.7 Å². The molecule has 5 nitrogen and oxygen atoms in total. The SMILES string of the molecule is CN=C(NCCCOC1CCN(Cc2ccccc2)CC1)NC1CCCCC1. The van der Waals surface area contributed by atoms with Crippen LogP contribution < -0.4 is 10.6 Å². The van der Waals surface area contributed by atoms with Crippen LogP contribution in [-0.2, 0) is 11.3 Å². The van der Waals surface area contributed by atoms with Crippen LogP contribution in [-0.4, -0.2) is 56.3 Å². The van der Waals surface area contributed by atoms with Crippen molar-refractivity contribution in [2.24, 2.45) is 4.99 Å². The summed E-state index contributed by atoms with van der Waals surface area (Å²) in [6.45, 7) is 5.08. The molecule has 1 aromatic rings. The lowest BCUT2D eigenvalue weighted by atomic mass is 9.96. The van der Waals surface area contributed by atoms with Gasteiger partial charge >= 0.3 is 0 Å². The Bertz CT molecular complexity index is 563. The Hall–Kier alpha value is -1.59. The molecule has 1 aromatic carbocycles. The molecule has 1 aliphatic carbocycles. The number of likely N-dealkylation sites (tertiary alicyclic amines) is 1. The molecule has 0 aromatic heterocycles.